The molecule has 5 heteroatoms. The molecule has 0 heterocycles. The first kappa shape index (κ1) is 13.5. The van der Waals surface area contributed by atoms with Crippen LogP contribution in [0.2, 0.25) is 0 Å². The summed E-state index contributed by atoms with van der Waals surface area (Å²) in [6.07, 6.45) is 1.52. The lowest BCUT2D eigenvalue weighted by molar-refractivity contribution is -0.124. The lowest BCUT2D eigenvalue weighted by Gasteiger charge is -2.19. The van der Waals surface area contributed by atoms with Gasteiger partial charge in [0.05, 0.1) is 0 Å². The number of rotatable bonds is 5. The summed E-state index contributed by atoms with van der Waals surface area (Å²) >= 11 is 0. The summed E-state index contributed by atoms with van der Waals surface area (Å²) in [6.45, 7) is 7.38. The number of carbonyl (C=O) groups excluding carboxylic acids is 1. The molecule has 0 saturated carbocycles. The Kier molecular flexibility index (Phi) is 6.17. The van der Waals surface area contributed by atoms with E-state index < -0.39 is 5.92 Å². The number of hydrogen-bond donors (Lipinski definition) is 2. The lowest BCUT2D eigenvalue weighted by atomic mass is 9.95. The van der Waals surface area contributed by atoms with E-state index in [-0.39, 0.29) is 24.3 Å². The normalized spacial score (nSPS) is 13.5. The predicted octanol–water partition coefficient (Wildman–Crippen LogP) is 0.995. The first-order valence-electron chi connectivity index (χ1n) is 4.75. The highest BCUT2D eigenvalue weighted by atomic mass is 16.5. The number of nitrogens with zero attached hydrogens (tertiary/aromatic N) is 1. The molecule has 1 unspecified atom stereocenters. The van der Waals surface area contributed by atoms with E-state index in [1.165, 1.54) is 13.1 Å². The van der Waals surface area contributed by atoms with Gasteiger partial charge in [0.1, 0.15) is 12.5 Å². The van der Waals surface area contributed by atoms with Gasteiger partial charge in [-0.05, 0) is 5.92 Å². The summed E-state index contributed by atoms with van der Waals surface area (Å²) in [6, 6.07) is 0. The van der Waals surface area contributed by atoms with Gasteiger partial charge in [-0.3, -0.25) is 4.79 Å². The fourth-order valence-electron chi connectivity index (χ4n) is 1.18. The molecule has 1 amide bonds. The van der Waals surface area contributed by atoms with Crippen LogP contribution in [0.3, 0.4) is 0 Å². The van der Waals surface area contributed by atoms with Crippen molar-refractivity contribution in [3.8, 4) is 0 Å². The van der Waals surface area contributed by atoms with E-state index in [1.807, 2.05) is 13.8 Å². The fraction of sp³-hybridized carbons (Fsp3) is 0.600. The molecule has 0 fully saturated rings. The predicted molar refractivity (Wildman–Crippen MR) is 57.8 cm³/mol. The van der Waals surface area contributed by atoms with Crippen molar-refractivity contribution in [2.24, 2.45) is 17.0 Å². The first-order valence-corrected chi connectivity index (χ1v) is 4.75. The summed E-state index contributed by atoms with van der Waals surface area (Å²) in [4.78, 5) is 11.5. The molecule has 1 atom stereocenters. The number of amides is 1. The molecule has 2 N–H and O–H groups in total. The van der Waals surface area contributed by atoms with Gasteiger partial charge in [-0.2, -0.15) is 0 Å². The minimum absolute atomic E-state index is 0.0133. The van der Waals surface area contributed by atoms with Gasteiger partial charge < -0.3 is 15.3 Å². The molecule has 0 rings (SSSR count). The third-order valence-electron chi connectivity index (χ3n) is 1.91. The van der Waals surface area contributed by atoms with E-state index in [1.54, 1.807) is 0 Å². The van der Waals surface area contributed by atoms with Crippen molar-refractivity contribution >= 4 is 11.8 Å². The maximum Gasteiger partial charge on any atom is 0.238 e. The zero-order valence-corrected chi connectivity index (χ0v) is 9.36. The third kappa shape index (κ3) is 4.01. The molecule has 5 nitrogen and oxygen atoms in total. The minimum atomic E-state index is -0.583. The van der Waals surface area contributed by atoms with Gasteiger partial charge in [0.2, 0.25) is 11.8 Å². The molecule has 0 radical (unpaired) electrons. The van der Waals surface area contributed by atoms with Gasteiger partial charge in [0.25, 0.3) is 0 Å². The van der Waals surface area contributed by atoms with Crippen LogP contribution in [0.25, 0.3) is 0 Å². The van der Waals surface area contributed by atoms with E-state index in [0.29, 0.717) is 0 Å². The number of ether oxygens (including phenoxy) is 1. The first-order chi connectivity index (χ1) is 7.08. The largest absolute Gasteiger partial charge is 0.474 e. The van der Waals surface area contributed by atoms with Gasteiger partial charge in [-0.25, -0.2) is 0 Å². The van der Waals surface area contributed by atoms with Gasteiger partial charge in [-0.1, -0.05) is 31.7 Å². The van der Waals surface area contributed by atoms with Crippen molar-refractivity contribution in [2.45, 2.75) is 13.8 Å². The highest BCUT2D eigenvalue weighted by Crippen LogP contribution is 2.14. The molecule has 0 saturated heterocycles. The van der Waals surface area contributed by atoms with Crippen molar-refractivity contribution in [3.05, 3.63) is 12.7 Å². The number of nitrogens with one attached hydrogen (secondary N) is 1. The molecular formula is C10H18N2O3. The van der Waals surface area contributed by atoms with Crippen molar-refractivity contribution in [2.75, 3.05) is 13.7 Å². The van der Waals surface area contributed by atoms with Gasteiger partial charge in [0, 0.05) is 7.05 Å². The second-order valence-electron chi connectivity index (χ2n) is 3.37. The number of carbonyl (C=O) groups is 1. The standard InChI is InChI=1S/C10H18N2O3/c1-5-6-15-10(12-14)8(7(2)3)9(13)11-4/h5,7-8,14H,1,6H2,2-4H3,(H,11,13). The van der Waals surface area contributed by atoms with Crippen LogP contribution in [0.4, 0.5) is 0 Å². The molecule has 0 aliphatic heterocycles. The Morgan fingerprint density at radius 1 is 1.67 bits per heavy atom. The van der Waals surface area contributed by atoms with Crippen LogP contribution in [0, 0.1) is 11.8 Å². The topological polar surface area (TPSA) is 70.9 Å². The summed E-state index contributed by atoms with van der Waals surface area (Å²) in [5.41, 5.74) is 0. The Hall–Kier alpha value is -1.52. The van der Waals surface area contributed by atoms with Crippen LogP contribution in [-0.4, -0.2) is 30.7 Å². The Balaban J connectivity index is 4.71. The molecule has 0 aliphatic carbocycles. The van der Waals surface area contributed by atoms with Crippen LogP contribution >= 0.6 is 0 Å². The molecule has 0 aromatic heterocycles. The van der Waals surface area contributed by atoms with Crippen LogP contribution in [-0.2, 0) is 9.53 Å². The minimum Gasteiger partial charge on any atom is -0.474 e. The summed E-state index contributed by atoms with van der Waals surface area (Å²) in [5.74, 6) is -0.813. The molecule has 0 bridgehead atoms. The second kappa shape index (κ2) is 6.86. The monoisotopic (exact) mass is 214 g/mol. The summed E-state index contributed by atoms with van der Waals surface area (Å²) in [7, 11) is 1.53. The molecule has 0 aliphatic rings. The fourth-order valence-corrected chi connectivity index (χ4v) is 1.18. The SMILES string of the molecule is C=CCOC(=NO)C(C(=O)NC)C(C)C. The Labute approximate surface area is 89.8 Å². The maximum absolute atomic E-state index is 11.5. The average Bonchev–Trinajstić information content (AvgIpc) is 2.22. The van der Waals surface area contributed by atoms with E-state index in [0.717, 1.165) is 0 Å². The van der Waals surface area contributed by atoms with Crippen LogP contribution in [0.15, 0.2) is 17.8 Å². The Morgan fingerprint density at radius 2 is 2.27 bits per heavy atom. The van der Waals surface area contributed by atoms with E-state index in [4.69, 9.17) is 9.94 Å². The quantitative estimate of drug-likeness (QED) is 0.236. The van der Waals surface area contributed by atoms with Gasteiger partial charge in [0.15, 0.2) is 0 Å². The van der Waals surface area contributed by atoms with E-state index in [9.17, 15) is 4.79 Å². The smallest absolute Gasteiger partial charge is 0.238 e. The molecule has 0 spiro atoms. The van der Waals surface area contributed by atoms with Crippen molar-refractivity contribution in [3.63, 3.8) is 0 Å². The van der Waals surface area contributed by atoms with Crippen LogP contribution in [0.1, 0.15) is 13.8 Å². The number of oxime groups is 1. The highest BCUT2D eigenvalue weighted by molar-refractivity contribution is 6.00. The Morgan fingerprint density at radius 3 is 2.60 bits per heavy atom. The Bertz CT molecular complexity index is 249. The summed E-state index contributed by atoms with van der Waals surface area (Å²) < 4.78 is 5.11. The highest BCUT2D eigenvalue weighted by Gasteiger charge is 2.29. The average molecular weight is 214 g/mol. The molecule has 15 heavy (non-hydrogen) atoms. The van der Waals surface area contributed by atoms with Gasteiger partial charge >= 0.3 is 0 Å². The van der Waals surface area contributed by atoms with Crippen LogP contribution < -0.4 is 5.32 Å². The van der Waals surface area contributed by atoms with E-state index >= 15 is 0 Å². The zero-order chi connectivity index (χ0) is 11.8. The molecule has 86 valence electrons. The second-order valence-corrected chi connectivity index (χ2v) is 3.37. The van der Waals surface area contributed by atoms with Gasteiger partial charge in [-0.15, -0.1) is 0 Å². The van der Waals surface area contributed by atoms with Crippen molar-refractivity contribution in [1.82, 2.24) is 5.32 Å². The van der Waals surface area contributed by atoms with Crippen molar-refractivity contribution in [1.29, 1.82) is 0 Å². The van der Waals surface area contributed by atoms with Crippen LogP contribution in [0.5, 0.6) is 0 Å². The molecule has 0 aromatic rings. The molecule has 0 aromatic carbocycles. The summed E-state index contributed by atoms with van der Waals surface area (Å²) in [5, 5.41) is 14.3. The molecular weight excluding hydrogens is 196 g/mol. The maximum atomic E-state index is 11.5. The lowest BCUT2D eigenvalue weighted by Crippen LogP contribution is -2.37. The van der Waals surface area contributed by atoms with Crippen molar-refractivity contribution < 1.29 is 14.7 Å². The third-order valence-corrected chi connectivity index (χ3v) is 1.91. The zero-order valence-electron chi connectivity index (χ0n) is 9.36. The van der Waals surface area contributed by atoms with E-state index in [2.05, 4.69) is 17.1 Å². The number of hydrogen-bond acceptors (Lipinski definition) is 4.